The van der Waals surface area contributed by atoms with Crippen LogP contribution >= 0.6 is 11.8 Å². The third-order valence-electron chi connectivity index (χ3n) is 5.19. The molecular formula is C20H27N5OS. The Morgan fingerprint density at radius 2 is 1.96 bits per heavy atom. The van der Waals surface area contributed by atoms with Gasteiger partial charge in [0.1, 0.15) is 0 Å². The topological polar surface area (TPSA) is 63.1 Å². The molecule has 1 aromatic heterocycles. The molecule has 1 aliphatic heterocycles. The van der Waals surface area contributed by atoms with Crippen molar-refractivity contribution in [3.8, 4) is 0 Å². The number of hydrogen-bond acceptors (Lipinski definition) is 5. The average Bonchev–Trinajstić information content (AvgIpc) is 3.42. The van der Waals surface area contributed by atoms with E-state index in [0.29, 0.717) is 11.8 Å². The van der Waals surface area contributed by atoms with Gasteiger partial charge in [-0.25, -0.2) is 0 Å². The number of rotatable bonds is 6. The second-order valence-electron chi connectivity index (χ2n) is 7.59. The second-order valence-corrected chi connectivity index (χ2v) is 8.53. The highest BCUT2D eigenvalue weighted by atomic mass is 32.2. The highest BCUT2D eigenvalue weighted by Gasteiger charge is 2.32. The fourth-order valence-electron chi connectivity index (χ4n) is 3.60. The van der Waals surface area contributed by atoms with Crippen LogP contribution in [0, 0.1) is 13.8 Å². The molecule has 2 heterocycles. The van der Waals surface area contributed by atoms with Crippen LogP contribution in [0.5, 0.6) is 0 Å². The van der Waals surface area contributed by atoms with Crippen molar-refractivity contribution in [2.24, 2.45) is 0 Å². The van der Waals surface area contributed by atoms with Crippen molar-refractivity contribution in [1.29, 1.82) is 0 Å². The van der Waals surface area contributed by atoms with Crippen molar-refractivity contribution >= 4 is 29.3 Å². The molecular weight excluding hydrogens is 358 g/mol. The average molecular weight is 386 g/mol. The van der Waals surface area contributed by atoms with Crippen LogP contribution in [0.1, 0.15) is 49.3 Å². The first-order valence-electron chi connectivity index (χ1n) is 9.81. The highest BCUT2D eigenvalue weighted by molar-refractivity contribution is 7.99. The van der Waals surface area contributed by atoms with Crippen LogP contribution in [-0.2, 0) is 4.79 Å². The van der Waals surface area contributed by atoms with Crippen molar-refractivity contribution < 1.29 is 4.79 Å². The Labute approximate surface area is 164 Å². The summed E-state index contributed by atoms with van der Waals surface area (Å²) in [4.78, 5) is 14.8. The van der Waals surface area contributed by atoms with E-state index in [2.05, 4.69) is 38.0 Å². The van der Waals surface area contributed by atoms with Gasteiger partial charge in [-0.3, -0.25) is 9.36 Å². The number of thioether (sulfide) groups is 1. The Balaban J connectivity index is 1.42. The van der Waals surface area contributed by atoms with Gasteiger partial charge in [-0.2, -0.15) is 0 Å². The zero-order valence-electron chi connectivity index (χ0n) is 16.1. The van der Waals surface area contributed by atoms with Gasteiger partial charge in [0, 0.05) is 24.8 Å². The van der Waals surface area contributed by atoms with E-state index < -0.39 is 0 Å². The number of nitrogens with zero attached hydrogens (tertiary/aromatic N) is 4. The Morgan fingerprint density at radius 1 is 1.19 bits per heavy atom. The van der Waals surface area contributed by atoms with Gasteiger partial charge in [0.05, 0.1) is 5.75 Å². The third-order valence-corrected chi connectivity index (χ3v) is 6.13. The zero-order valence-corrected chi connectivity index (χ0v) is 16.9. The van der Waals surface area contributed by atoms with E-state index in [0.717, 1.165) is 35.4 Å². The van der Waals surface area contributed by atoms with Crippen molar-refractivity contribution in [3.05, 3.63) is 29.3 Å². The molecule has 6 nitrogen and oxygen atoms in total. The molecule has 0 unspecified atom stereocenters. The van der Waals surface area contributed by atoms with Crippen molar-refractivity contribution in [3.63, 3.8) is 0 Å². The summed E-state index contributed by atoms with van der Waals surface area (Å²) in [6, 6.07) is 6.57. The van der Waals surface area contributed by atoms with Crippen LogP contribution in [0.3, 0.4) is 0 Å². The summed E-state index contributed by atoms with van der Waals surface area (Å²) in [7, 11) is 0. The molecule has 0 spiro atoms. The maximum absolute atomic E-state index is 12.4. The van der Waals surface area contributed by atoms with Gasteiger partial charge in [0.2, 0.25) is 11.9 Å². The first-order valence-corrected chi connectivity index (χ1v) is 10.8. The molecule has 1 amide bonds. The van der Waals surface area contributed by atoms with Crippen LogP contribution in [0.2, 0.25) is 0 Å². The molecule has 4 rings (SSSR count). The molecule has 0 radical (unpaired) electrons. The molecule has 2 aromatic rings. The Bertz CT molecular complexity index is 824. The predicted molar refractivity (Wildman–Crippen MR) is 110 cm³/mol. The number of hydrogen-bond donors (Lipinski definition) is 1. The molecule has 1 aliphatic carbocycles. The van der Waals surface area contributed by atoms with Crippen LogP contribution < -0.4 is 10.2 Å². The van der Waals surface area contributed by atoms with Crippen LogP contribution in [-0.4, -0.2) is 39.5 Å². The van der Waals surface area contributed by atoms with E-state index in [4.69, 9.17) is 0 Å². The number of benzene rings is 1. The second kappa shape index (κ2) is 7.92. The number of anilines is 2. The number of aromatic nitrogens is 3. The van der Waals surface area contributed by atoms with E-state index in [-0.39, 0.29) is 5.91 Å². The van der Waals surface area contributed by atoms with Gasteiger partial charge in [-0.05, 0) is 57.6 Å². The van der Waals surface area contributed by atoms with Gasteiger partial charge in [0.15, 0.2) is 5.16 Å². The third kappa shape index (κ3) is 4.29. The first-order chi connectivity index (χ1) is 13.1. The van der Waals surface area contributed by atoms with Gasteiger partial charge in [-0.15, -0.1) is 10.2 Å². The smallest absolute Gasteiger partial charge is 0.234 e. The number of carbonyl (C=O) groups is 1. The summed E-state index contributed by atoms with van der Waals surface area (Å²) < 4.78 is 2.26. The van der Waals surface area contributed by atoms with E-state index in [9.17, 15) is 4.79 Å². The summed E-state index contributed by atoms with van der Waals surface area (Å²) in [5.41, 5.74) is 3.16. The van der Waals surface area contributed by atoms with Crippen LogP contribution in [0.25, 0.3) is 0 Å². The quantitative estimate of drug-likeness (QED) is 0.763. The Hall–Kier alpha value is -2.02. The lowest BCUT2D eigenvalue weighted by atomic mass is 10.1. The van der Waals surface area contributed by atoms with E-state index in [1.165, 1.54) is 49.4 Å². The van der Waals surface area contributed by atoms with E-state index in [1.54, 1.807) is 0 Å². The summed E-state index contributed by atoms with van der Waals surface area (Å²) in [6.07, 6.45) is 6.10. The number of piperidine rings is 1. The Morgan fingerprint density at radius 3 is 2.67 bits per heavy atom. The van der Waals surface area contributed by atoms with E-state index in [1.807, 2.05) is 19.1 Å². The molecule has 2 fully saturated rings. The maximum Gasteiger partial charge on any atom is 0.234 e. The normalized spacial score (nSPS) is 17.2. The van der Waals surface area contributed by atoms with Crippen molar-refractivity contribution in [1.82, 2.24) is 14.8 Å². The number of carbonyl (C=O) groups excluding carboxylic acids is 1. The SMILES string of the molecule is Cc1ccc(NC(=O)CSc2nnc(N3CCCCC3)n2C2CC2)c(C)c1. The number of aryl methyl sites for hydroxylation is 2. The molecule has 1 saturated carbocycles. The van der Waals surface area contributed by atoms with Gasteiger partial charge >= 0.3 is 0 Å². The minimum atomic E-state index is -0.00294. The molecule has 1 aromatic carbocycles. The lowest BCUT2D eigenvalue weighted by molar-refractivity contribution is -0.113. The summed E-state index contributed by atoms with van der Waals surface area (Å²) in [6.45, 7) is 6.19. The largest absolute Gasteiger partial charge is 0.341 e. The molecule has 1 N–H and O–H groups in total. The molecule has 144 valence electrons. The molecule has 7 heteroatoms. The molecule has 0 bridgehead atoms. The van der Waals surface area contributed by atoms with Crippen molar-refractivity contribution in [2.75, 3.05) is 29.1 Å². The zero-order chi connectivity index (χ0) is 18.8. The summed E-state index contributed by atoms with van der Waals surface area (Å²) in [5.74, 6) is 1.34. The van der Waals surface area contributed by atoms with Crippen molar-refractivity contribution in [2.45, 2.75) is 57.1 Å². The fraction of sp³-hybridized carbons (Fsp3) is 0.550. The highest BCUT2D eigenvalue weighted by Crippen LogP contribution is 2.41. The fourth-order valence-corrected chi connectivity index (χ4v) is 4.40. The molecule has 1 saturated heterocycles. The maximum atomic E-state index is 12.4. The minimum Gasteiger partial charge on any atom is -0.341 e. The molecule has 2 aliphatic rings. The monoisotopic (exact) mass is 385 g/mol. The standard InChI is InChI=1S/C20H27N5OS/c1-14-6-9-17(15(2)12-14)21-18(26)13-27-20-23-22-19(25(20)16-7-8-16)24-10-4-3-5-11-24/h6,9,12,16H,3-5,7-8,10-11,13H2,1-2H3,(H,21,26). The molecule has 27 heavy (non-hydrogen) atoms. The number of amides is 1. The van der Waals surface area contributed by atoms with Gasteiger partial charge in [-0.1, -0.05) is 29.5 Å². The summed E-state index contributed by atoms with van der Waals surface area (Å²) in [5, 5.41) is 12.8. The number of nitrogens with one attached hydrogen (secondary N) is 1. The van der Waals surface area contributed by atoms with E-state index >= 15 is 0 Å². The minimum absolute atomic E-state index is 0.00294. The van der Waals surface area contributed by atoms with Crippen LogP contribution in [0.4, 0.5) is 11.6 Å². The molecule has 0 atom stereocenters. The predicted octanol–water partition coefficient (Wildman–Crippen LogP) is 3.95. The van der Waals surface area contributed by atoms with Gasteiger partial charge in [0.25, 0.3) is 0 Å². The summed E-state index contributed by atoms with van der Waals surface area (Å²) >= 11 is 1.49. The Kier molecular flexibility index (Phi) is 5.38. The van der Waals surface area contributed by atoms with Gasteiger partial charge < -0.3 is 10.2 Å². The lowest BCUT2D eigenvalue weighted by Crippen LogP contribution is -2.32. The first kappa shape index (κ1) is 18.3. The lowest BCUT2D eigenvalue weighted by Gasteiger charge is -2.27. The van der Waals surface area contributed by atoms with Crippen LogP contribution in [0.15, 0.2) is 23.4 Å².